The summed E-state index contributed by atoms with van der Waals surface area (Å²) < 4.78 is 13.7. The predicted molar refractivity (Wildman–Crippen MR) is 74.4 cm³/mol. The van der Waals surface area contributed by atoms with Crippen molar-refractivity contribution in [2.24, 2.45) is 5.41 Å². The number of aliphatic hydroxyl groups is 1. The minimum absolute atomic E-state index is 0.0898. The molecule has 0 saturated heterocycles. The number of anilines is 1. The Morgan fingerprint density at radius 2 is 2.00 bits per heavy atom. The van der Waals surface area contributed by atoms with E-state index in [1.807, 2.05) is 19.9 Å². The van der Waals surface area contributed by atoms with Crippen LogP contribution in [0.25, 0.3) is 0 Å². The van der Waals surface area contributed by atoms with Gasteiger partial charge in [-0.1, -0.05) is 13.8 Å². The number of benzene rings is 1. The molecular weight excluding hydrogens is 243 g/mol. The van der Waals surface area contributed by atoms with Crippen LogP contribution < -0.4 is 5.32 Å². The molecule has 0 aromatic heterocycles. The van der Waals surface area contributed by atoms with E-state index < -0.39 is 0 Å². The fraction of sp³-hybridized carbons (Fsp3) is 0.533. The molecular formula is C15H21FN2O. The molecule has 1 aromatic carbocycles. The average molecular weight is 264 g/mol. The number of hydrogen-bond donors (Lipinski definition) is 2. The van der Waals surface area contributed by atoms with Crippen molar-refractivity contribution in [3.05, 3.63) is 29.1 Å². The van der Waals surface area contributed by atoms with Crippen molar-refractivity contribution in [3.8, 4) is 6.07 Å². The van der Waals surface area contributed by atoms with Gasteiger partial charge in [0, 0.05) is 23.2 Å². The van der Waals surface area contributed by atoms with E-state index in [9.17, 15) is 9.50 Å². The predicted octanol–water partition coefficient (Wildman–Crippen LogP) is 3.22. The summed E-state index contributed by atoms with van der Waals surface area (Å²) in [5.41, 5.74) is 1.22. The fourth-order valence-electron chi connectivity index (χ4n) is 1.99. The minimum atomic E-state index is -0.385. The zero-order valence-electron chi connectivity index (χ0n) is 11.8. The van der Waals surface area contributed by atoms with Crippen LogP contribution in [0.2, 0.25) is 0 Å². The third-order valence-corrected chi connectivity index (χ3v) is 3.96. The maximum absolute atomic E-state index is 13.7. The lowest BCUT2D eigenvalue weighted by molar-refractivity contribution is 0.127. The first-order valence-corrected chi connectivity index (χ1v) is 6.57. The van der Waals surface area contributed by atoms with Crippen molar-refractivity contribution >= 4 is 5.69 Å². The molecule has 0 heterocycles. The van der Waals surface area contributed by atoms with Crippen LogP contribution in [0.5, 0.6) is 0 Å². The number of rotatable bonds is 6. The van der Waals surface area contributed by atoms with Gasteiger partial charge in [-0.15, -0.1) is 0 Å². The average Bonchev–Trinajstić information content (AvgIpc) is 2.45. The maximum atomic E-state index is 13.7. The van der Waals surface area contributed by atoms with E-state index in [1.54, 1.807) is 13.0 Å². The monoisotopic (exact) mass is 264 g/mol. The second-order valence-corrected chi connectivity index (χ2v) is 4.96. The van der Waals surface area contributed by atoms with E-state index in [2.05, 4.69) is 5.32 Å². The highest BCUT2D eigenvalue weighted by atomic mass is 19.1. The zero-order valence-corrected chi connectivity index (χ0v) is 11.8. The van der Waals surface area contributed by atoms with Crippen LogP contribution in [0.15, 0.2) is 12.1 Å². The highest BCUT2D eigenvalue weighted by molar-refractivity contribution is 5.56. The number of nitriles is 1. The first kappa shape index (κ1) is 15.5. The van der Waals surface area contributed by atoms with Crippen LogP contribution in [0.1, 0.15) is 37.8 Å². The minimum Gasteiger partial charge on any atom is -0.396 e. The fourth-order valence-corrected chi connectivity index (χ4v) is 1.99. The van der Waals surface area contributed by atoms with Gasteiger partial charge in [-0.2, -0.15) is 5.26 Å². The third-order valence-electron chi connectivity index (χ3n) is 3.96. The summed E-state index contributed by atoms with van der Waals surface area (Å²) in [6, 6.07) is 4.83. The number of aliphatic hydroxyl groups excluding tert-OH is 1. The first-order valence-electron chi connectivity index (χ1n) is 6.57. The molecule has 0 radical (unpaired) electrons. The van der Waals surface area contributed by atoms with Gasteiger partial charge < -0.3 is 10.4 Å². The molecule has 19 heavy (non-hydrogen) atoms. The van der Waals surface area contributed by atoms with Crippen LogP contribution in [0.3, 0.4) is 0 Å². The molecule has 0 saturated carbocycles. The molecule has 3 nitrogen and oxygen atoms in total. The summed E-state index contributed by atoms with van der Waals surface area (Å²) in [7, 11) is 0. The number of nitrogens with one attached hydrogen (secondary N) is 1. The highest BCUT2D eigenvalue weighted by Crippen LogP contribution is 2.28. The van der Waals surface area contributed by atoms with Crippen LogP contribution in [0, 0.1) is 29.5 Å². The van der Waals surface area contributed by atoms with Crippen molar-refractivity contribution in [1.29, 1.82) is 5.26 Å². The molecule has 104 valence electrons. The third kappa shape index (κ3) is 3.45. The first-order chi connectivity index (χ1) is 9.01. The van der Waals surface area contributed by atoms with Crippen molar-refractivity contribution in [2.45, 2.75) is 33.6 Å². The van der Waals surface area contributed by atoms with Crippen molar-refractivity contribution < 1.29 is 9.50 Å². The van der Waals surface area contributed by atoms with E-state index in [0.717, 1.165) is 12.8 Å². The molecule has 0 aliphatic rings. The SMILES string of the molecule is CCC(CC)(CO)CNc1cc(C#N)cc(F)c1C. The largest absolute Gasteiger partial charge is 0.396 e. The molecule has 0 aliphatic carbocycles. The highest BCUT2D eigenvalue weighted by Gasteiger charge is 2.25. The Morgan fingerprint density at radius 3 is 2.47 bits per heavy atom. The summed E-state index contributed by atoms with van der Waals surface area (Å²) in [5.74, 6) is -0.385. The quantitative estimate of drug-likeness (QED) is 0.829. The smallest absolute Gasteiger partial charge is 0.129 e. The van der Waals surface area contributed by atoms with Crippen molar-refractivity contribution in [1.82, 2.24) is 0 Å². The standard InChI is InChI=1S/C15H21FN2O/c1-4-15(5-2,10-19)9-18-14-7-12(8-17)6-13(16)11(14)3/h6-7,18-19H,4-5,9-10H2,1-3H3. The molecule has 1 rings (SSSR count). The van der Waals surface area contributed by atoms with Gasteiger partial charge in [-0.3, -0.25) is 0 Å². The van der Waals surface area contributed by atoms with Gasteiger partial charge in [0.05, 0.1) is 18.2 Å². The van der Waals surface area contributed by atoms with Crippen LogP contribution >= 0.6 is 0 Å². The lowest BCUT2D eigenvalue weighted by atomic mass is 9.83. The Bertz CT molecular complexity index is 468. The summed E-state index contributed by atoms with van der Waals surface area (Å²) in [5, 5.41) is 21.5. The van der Waals surface area contributed by atoms with Gasteiger partial charge in [-0.05, 0) is 31.9 Å². The number of nitrogens with zero attached hydrogens (tertiary/aromatic N) is 1. The Hall–Kier alpha value is -1.60. The maximum Gasteiger partial charge on any atom is 0.129 e. The molecule has 1 aromatic rings. The molecule has 0 unspecified atom stereocenters. The van der Waals surface area contributed by atoms with Gasteiger partial charge >= 0.3 is 0 Å². The van der Waals surface area contributed by atoms with Gasteiger partial charge in [0.1, 0.15) is 5.82 Å². The Balaban J connectivity index is 2.94. The van der Waals surface area contributed by atoms with E-state index in [4.69, 9.17) is 5.26 Å². The summed E-state index contributed by atoms with van der Waals surface area (Å²) in [4.78, 5) is 0. The van der Waals surface area contributed by atoms with Crippen LogP contribution in [-0.4, -0.2) is 18.3 Å². The van der Waals surface area contributed by atoms with E-state index in [1.165, 1.54) is 6.07 Å². The second-order valence-electron chi connectivity index (χ2n) is 4.96. The van der Waals surface area contributed by atoms with Gasteiger partial charge in [0.2, 0.25) is 0 Å². The Morgan fingerprint density at radius 1 is 1.37 bits per heavy atom. The zero-order chi connectivity index (χ0) is 14.5. The van der Waals surface area contributed by atoms with Gasteiger partial charge in [-0.25, -0.2) is 4.39 Å². The molecule has 0 spiro atoms. The van der Waals surface area contributed by atoms with Crippen molar-refractivity contribution in [2.75, 3.05) is 18.5 Å². The summed E-state index contributed by atoms with van der Waals surface area (Å²) in [6.07, 6.45) is 1.68. The van der Waals surface area contributed by atoms with Crippen LogP contribution in [0.4, 0.5) is 10.1 Å². The van der Waals surface area contributed by atoms with Gasteiger partial charge in [0.25, 0.3) is 0 Å². The second kappa shape index (κ2) is 6.53. The molecule has 0 amide bonds. The summed E-state index contributed by atoms with van der Waals surface area (Å²) >= 11 is 0. The van der Waals surface area contributed by atoms with E-state index in [-0.39, 0.29) is 17.8 Å². The van der Waals surface area contributed by atoms with Crippen molar-refractivity contribution in [3.63, 3.8) is 0 Å². The van der Waals surface area contributed by atoms with Gasteiger partial charge in [0.15, 0.2) is 0 Å². The molecule has 0 bridgehead atoms. The number of hydrogen-bond acceptors (Lipinski definition) is 3. The lowest BCUT2D eigenvalue weighted by Crippen LogP contribution is -2.32. The van der Waals surface area contributed by atoms with Crippen LogP contribution in [-0.2, 0) is 0 Å². The Labute approximate surface area is 114 Å². The molecule has 0 aliphatic heterocycles. The number of halogens is 1. The molecule has 0 fully saturated rings. The molecule has 4 heteroatoms. The molecule has 0 atom stereocenters. The normalized spacial score (nSPS) is 11.2. The van der Waals surface area contributed by atoms with E-state index in [0.29, 0.717) is 23.4 Å². The Kier molecular flexibility index (Phi) is 5.31. The van der Waals surface area contributed by atoms with E-state index >= 15 is 0 Å². The lowest BCUT2D eigenvalue weighted by Gasteiger charge is -2.30. The summed E-state index contributed by atoms with van der Waals surface area (Å²) in [6.45, 7) is 6.39. The molecule has 2 N–H and O–H groups in total. The topological polar surface area (TPSA) is 56.0 Å².